The lowest BCUT2D eigenvalue weighted by Gasteiger charge is -2.16. The highest BCUT2D eigenvalue weighted by molar-refractivity contribution is 7.90. The molecule has 0 saturated carbocycles. The first kappa shape index (κ1) is 11.4. The average Bonchev–Trinajstić information content (AvgIpc) is 2.60. The first-order valence-corrected chi connectivity index (χ1v) is 7.71. The van der Waals surface area contributed by atoms with Gasteiger partial charge in [-0.15, -0.1) is 0 Å². The highest BCUT2D eigenvalue weighted by Gasteiger charge is 2.35. The summed E-state index contributed by atoms with van der Waals surface area (Å²) in [5, 5.41) is 3.40. The summed E-state index contributed by atoms with van der Waals surface area (Å²) in [6.07, 6.45) is 2.10. The van der Waals surface area contributed by atoms with Crippen LogP contribution in [0.5, 0.6) is 0 Å². The van der Waals surface area contributed by atoms with Crippen LogP contribution in [0, 0.1) is 11.8 Å². The van der Waals surface area contributed by atoms with Gasteiger partial charge in [0, 0.05) is 19.3 Å². The van der Waals surface area contributed by atoms with Gasteiger partial charge >= 0.3 is 0 Å². The molecule has 0 aromatic rings. The lowest BCUT2D eigenvalue weighted by Crippen LogP contribution is -2.27. The minimum Gasteiger partial charge on any atom is -0.316 e. The third-order valence-corrected chi connectivity index (χ3v) is 4.48. The maximum absolute atomic E-state index is 11.0. The lowest BCUT2D eigenvalue weighted by molar-refractivity contribution is 0.314. The van der Waals surface area contributed by atoms with Gasteiger partial charge in [-0.05, 0) is 37.9 Å². The van der Waals surface area contributed by atoms with Crippen molar-refractivity contribution in [1.82, 2.24) is 10.2 Å². The molecule has 4 nitrogen and oxygen atoms in total. The topological polar surface area (TPSA) is 49.4 Å². The smallest absolute Gasteiger partial charge is 0.147 e. The van der Waals surface area contributed by atoms with Crippen molar-refractivity contribution in [3.05, 3.63) is 0 Å². The molecule has 0 spiro atoms. The van der Waals surface area contributed by atoms with E-state index in [0.717, 1.165) is 51.0 Å². The Balaban J connectivity index is 1.69. The Hall–Kier alpha value is -0.130. The number of hydrogen-bond donors (Lipinski definition) is 1. The molecule has 0 aliphatic carbocycles. The number of nitrogens with zero attached hydrogens (tertiary/aromatic N) is 1. The van der Waals surface area contributed by atoms with Gasteiger partial charge in [0.25, 0.3) is 0 Å². The standard InChI is InChI=1S/C10H20N2O2S/c1-15(13,14)4-2-3-12-7-9-5-11-6-10(9)8-12/h9-11H,2-8H2,1H3/t9-,10?/m1/s1. The second-order valence-electron chi connectivity index (χ2n) is 4.92. The maximum Gasteiger partial charge on any atom is 0.147 e. The fourth-order valence-corrected chi connectivity index (χ4v) is 3.34. The molecule has 15 heavy (non-hydrogen) atoms. The lowest BCUT2D eigenvalue weighted by atomic mass is 10.0. The summed E-state index contributed by atoms with van der Waals surface area (Å²) in [6.45, 7) is 5.55. The summed E-state index contributed by atoms with van der Waals surface area (Å²) in [5.41, 5.74) is 0. The second-order valence-corrected chi connectivity index (χ2v) is 7.18. The molecule has 2 aliphatic heterocycles. The van der Waals surface area contributed by atoms with E-state index in [9.17, 15) is 8.42 Å². The van der Waals surface area contributed by atoms with Crippen molar-refractivity contribution in [2.45, 2.75) is 6.42 Å². The molecule has 88 valence electrons. The van der Waals surface area contributed by atoms with Crippen molar-refractivity contribution >= 4 is 9.84 Å². The summed E-state index contributed by atoms with van der Waals surface area (Å²) >= 11 is 0. The molecule has 0 amide bonds. The van der Waals surface area contributed by atoms with Crippen LogP contribution in [0.2, 0.25) is 0 Å². The highest BCUT2D eigenvalue weighted by Crippen LogP contribution is 2.25. The van der Waals surface area contributed by atoms with Gasteiger partial charge in [0.1, 0.15) is 9.84 Å². The molecule has 0 aromatic carbocycles. The Labute approximate surface area is 91.9 Å². The van der Waals surface area contributed by atoms with Gasteiger partial charge in [0.2, 0.25) is 0 Å². The Morgan fingerprint density at radius 1 is 1.27 bits per heavy atom. The van der Waals surface area contributed by atoms with Crippen molar-refractivity contribution in [3.8, 4) is 0 Å². The van der Waals surface area contributed by atoms with Gasteiger partial charge in [-0.1, -0.05) is 0 Å². The Bertz CT molecular complexity index is 303. The van der Waals surface area contributed by atoms with Gasteiger partial charge in [-0.2, -0.15) is 0 Å². The van der Waals surface area contributed by atoms with Crippen molar-refractivity contribution in [3.63, 3.8) is 0 Å². The van der Waals surface area contributed by atoms with Crippen LogP contribution < -0.4 is 5.32 Å². The summed E-state index contributed by atoms with van der Waals surface area (Å²) < 4.78 is 21.9. The molecule has 2 rings (SSSR count). The molecule has 0 bridgehead atoms. The van der Waals surface area contributed by atoms with Gasteiger partial charge in [0.15, 0.2) is 0 Å². The van der Waals surface area contributed by atoms with Crippen molar-refractivity contribution in [2.75, 3.05) is 44.7 Å². The SMILES string of the molecule is CS(=O)(=O)CCCN1CC2CNC[C@@H]2C1. The third-order valence-electron chi connectivity index (χ3n) is 3.45. The van der Waals surface area contributed by atoms with Gasteiger partial charge < -0.3 is 10.2 Å². The Morgan fingerprint density at radius 2 is 1.87 bits per heavy atom. The zero-order valence-electron chi connectivity index (χ0n) is 9.28. The van der Waals surface area contributed by atoms with E-state index in [4.69, 9.17) is 0 Å². The maximum atomic E-state index is 11.0. The molecular weight excluding hydrogens is 212 g/mol. The minimum absolute atomic E-state index is 0.330. The van der Waals surface area contributed by atoms with Crippen LogP contribution in [0.25, 0.3) is 0 Å². The Morgan fingerprint density at radius 3 is 2.40 bits per heavy atom. The second kappa shape index (κ2) is 4.39. The van der Waals surface area contributed by atoms with E-state index in [2.05, 4.69) is 10.2 Å². The van der Waals surface area contributed by atoms with E-state index < -0.39 is 9.84 Å². The molecular formula is C10H20N2O2S. The van der Waals surface area contributed by atoms with Crippen molar-refractivity contribution in [1.29, 1.82) is 0 Å². The van der Waals surface area contributed by atoms with Crippen molar-refractivity contribution in [2.24, 2.45) is 11.8 Å². The molecule has 2 heterocycles. The zero-order chi connectivity index (χ0) is 10.9. The van der Waals surface area contributed by atoms with Gasteiger partial charge in [0.05, 0.1) is 5.75 Å². The minimum atomic E-state index is -2.77. The molecule has 2 aliphatic rings. The zero-order valence-corrected chi connectivity index (χ0v) is 10.1. The van der Waals surface area contributed by atoms with E-state index >= 15 is 0 Å². The quantitative estimate of drug-likeness (QED) is 0.715. The molecule has 1 unspecified atom stereocenters. The molecule has 2 atom stereocenters. The molecule has 2 saturated heterocycles. The fourth-order valence-electron chi connectivity index (χ4n) is 2.69. The summed E-state index contributed by atoms with van der Waals surface area (Å²) in [4.78, 5) is 2.42. The number of nitrogens with one attached hydrogen (secondary N) is 1. The molecule has 0 radical (unpaired) electrons. The summed E-state index contributed by atoms with van der Waals surface area (Å²) in [7, 11) is -2.77. The van der Waals surface area contributed by atoms with Crippen LogP contribution in [-0.4, -0.2) is 58.1 Å². The van der Waals surface area contributed by atoms with Crippen LogP contribution in [0.15, 0.2) is 0 Å². The average molecular weight is 232 g/mol. The van der Waals surface area contributed by atoms with Crippen LogP contribution in [0.3, 0.4) is 0 Å². The van der Waals surface area contributed by atoms with E-state index in [1.807, 2.05) is 0 Å². The number of sulfone groups is 1. The first-order chi connectivity index (χ1) is 7.04. The normalized spacial score (nSPS) is 32.1. The van der Waals surface area contributed by atoms with E-state index in [0.29, 0.717) is 5.75 Å². The Kier molecular flexibility index (Phi) is 3.33. The highest BCUT2D eigenvalue weighted by atomic mass is 32.2. The van der Waals surface area contributed by atoms with E-state index in [1.54, 1.807) is 0 Å². The van der Waals surface area contributed by atoms with Crippen LogP contribution >= 0.6 is 0 Å². The molecule has 2 fully saturated rings. The van der Waals surface area contributed by atoms with Crippen LogP contribution in [-0.2, 0) is 9.84 Å². The summed E-state index contributed by atoms with van der Waals surface area (Å²) in [6, 6.07) is 0. The fraction of sp³-hybridized carbons (Fsp3) is 1.00. The predicted molar refractivity (Wildman–Crippen MR) is 60.6 cm³/mol. The molecule has 0 aromatic heterocycles. The molecule has 5 heteroatoms. The predicted octanol–water partition coefficient (Wildman–Crippen LogP) is -0.428. The van der Waals surface area contributed by atoms with Crippen LogP contribution in [0.4, 0.5) is 0 Å². The van der Waals surface area contributed by atoms with Crippen LogP contribution in [0.1, 0.15) is 6.42 Å². The van der Waals surface area contributed by atoms with Gasteiger partial charge in [-0.3, -0.25) is 0 Å². The van der Waals surface area contributed by atoms with Gasteiger partial charge in [-0.25, -0.2) is 8.42 Å². The largest absolute Gasteiger partial charge is 0.316 e. The summed E-state index contributed by atoms with van der Waals surface area (Å²) in [5.74, 6) is 1.95. The van der Waals surface area contributed by atoms with E-state index in [1.165, 1.54) is 6.26 Å². The van der Waals surface area contributed by atoms with Crippen molar-refractivity contribution < 1.29 is 8.42 Å². The monoisotopic (exact) mass is 232 g/mol. The third kappa shape index (κ3) is 3.16. The number of hydrogen-bond acceptors (Lipinski definition) is 4. The number of likely N-dealkylation sites (tertiary alicyclic amines) is 1. The molecule has 1 N–H and O–H groups in total. The van der Waals surface area contributed by atoms with E-state index in [-0.39, 0.29) is 0 Å². The first-order valence-electron chi connectivity index (χ1n) is 5.65. The number of rotatable bonds is 4. The number of fused-ring (bicyclic) bond motifs is 1.